The van der Waals surface area contributed by atoms with Crippen molar-refractivity contribution in [2.45, 2.75) is 5.75 Å². The lowest BCUT2D eigenvalue weighted by Gasteiger charge is -2.21. The Bertz CT molecular complexity index is 433. The number of hydrogen-bond donors (Lipinski definition) is 0. The van der Waals surface area contributed by atoms with Crippen molar-refractivity contribution in [2.75, 3.05) is 17.2 Å². The molecule has 1 aromatic carbocycles. The SMILES string of the molecule is C=C(F)C(=O)N1CCSCc2ccccc21. The Hall–Kier alpha value is -1.29. The van der Waals surface area contributed by atoms with Crippen LogP contribution in [0.5, 0.6) is 0 Å². The van der Waals surface area contributed by atoms with E-state index >= 15 is 0 Å². The molecule has 1 aromatic rings. The number of carbonyl (C=O) groups excluding carboxylic acids is 1. The van der Waals surface area contributed by atoms with Gasteiger partial charge in [-0.15, -0.1) is 0 Å². The van der Waals surface area contributed by atoms with E-state index < -0.39 is 11.7 Å². The van der Waals surface area contributed by atoms with Crippen LogP contribution in [-0.4, -0.2) is 18.2 Å². The Morgan fingerprint density at radius 3 is 2.94 bits per heavy atom. The van der Waals surface area contributed by atoms with Crippen LogP contribution in [0.4, 0.5) is 10.1 Å². The molecule has 1 aliphatic heterocycles. The monoisotopic (exact) mass is 237 g/mol. The van der Waals surface area contributed by atoms with Crippen LogP contribution in [0.15, 0.2) is 36.7 Å². The van der Waals surface area contributed by atoms with Gasteiger partial charge >= 0.3 is 0 Å². The van der Waals surface area contributed by atoms with E-state index in [0.29, 0.717) is 6.54 Å². The van der Waals surface area contributed by atoms with E-state index in [2.05, 4.69) is 6.58 Å². The summed E-state index contributed by atoms with van der Waals surface area (Å²) in [6.07, 6.45) is 0. The normalized spacial score (nSPS) is 15.2. The minimum atomic E-state index is -0.901. The van der Waals surface area contributed by atoms with Crippen LogP contribution in [0.25, 0.3) is 0 Å². The predicted octanol–water partition coefficient (Wildman–Crippen LogP) is 2.75. The van der Waals surface area contributed by atoms with Gasteiger partial charge in [-0.2, -0.15) is 11.8 Å². The molecule has 0 fully saturated rings. The van der Waals surface area contributed by atoms with Crippen LogP contribution in [0, 0.1) is 0 Å². The van der Waals surface area contributed by atoms with Gasteiger partial charge in [0, 0.05) is 23.7 Å². The van der Waals surface area contributed by atoms with Crippen molar-refractivity contribution in [3.8, 4) is 0 Å². The standard InChI is InChI=1S/C12H12FNOS/c1-9(13)12(15)14-6-7-16-8-10-4-2-3-5-11(10)14/h2-5H,1,6-8H2. The highest BCUT2D eigenvalue weighted by Crippen LogP contribution is 2.29. The van der Waals surface area contributed by atoms with Crippen LogP contribution >= 0.6 is 11.8 Å². The van der Waals surface area contributed by atoms with Crippen molar-refractivity contribution in [1.82, 2.24) is 0 Å². The van der Waals surface area contributed by atoms with Crippen molar-refractivity contribution in [2.24, 2.45) is 0 Å². The van der Waals surface area contributed by atoms with Crippen molar-refractivity contribution in [3.05, 3.63) is 42.2 Å². The van der Waals surface area contributed by atoms with Crippen LogP contribution < -0.4 is 4.90 Å². The zero-order valence-electron chi connectivity index (χ0n) is 8.78. The molecule has 0 unspecified atom stereocenters. The molecule has 0 N–H and O–H groups in total. The Morgan fingerprint density at radius 2 is 2.19 bits per heavy atom. The predicted molar refractivity (Wildman–Crippen MR) is 65.2 cm³/mol. The molecule has 0 bridgehead atoms. The third-order valence-electron chi connectivity index (χ3n) is 2.48. The number of amides is 1. The molecule has 2 nitrogen and oxygen atoms in total. The largest absolute Gasteiger partial charge is 0.305 e. The van der Waals surface area contributed by atoms with Crippen LogP contribution in [-0.2, 0) is 10.5 Å². The lowest BCUT2D eigenvalue weighted by atomic mass is 10.2. The highest BCUT2D eigenvalue weighted by atomic mass is 32.2. The number of carbonyl (C=O) groups is 1. The van der Waals surface area contributed by atoms with Gasteiger partial charge in [0.15, 0.2) is 5.83 Å². The Morgan fingerprint density at radius 1 is 1.44 bits per heavy atom. The quantitative estimate of drug-likeness (QED) is 0.700. The highest BCUT2D eigenvalue weighted by Gasteiger charge is 2.22. The second-order valence-corrected chi connectivity index (χ2v) is 4.65. The maximum Gasteiger partial charge on any atom is 0.286 e. The van der Waals surface area contributed by atoms with E-state index in [0.717, 1.165) is 22.8 Å². The lowest BCUT2D eigenvalue weighted by Crippen LogP contribution is -2.32. The topological polar surface area (TPSA) is 20.3 Å². The Labute approximate surface area is 98.1 Å². The number of nitrogens with zero attached hydrogens (tertiary/aromatic N) is 1. The molecule has 2 rings (SSSR count). The first-order valence-electron chi connectivity index (χ1n) is 5.02. The van der Waals surface area contributed by atoms with E-state index in [9.17, 15) is 9.18 Å². The second-order valence-electron chi connectivity index (χ2n) is 3.54. The second kappa shape index (κ2) is 4.70. The lowest BCUT2D eigenvalue weighted by molar-refractivity contribution is -0.116. The van der Waals surface area contributed by atoms with E-state index in [4.69, 9.17) is 0 Å². The summed E-state index contributed by atoms with van der Waals surface area (Å²) in [6.45, 7) is 3.60. The first kappa shape index (κ1) is 11.2. The molecule has 84 valence electrons. The van der Waals surface area contributed by atoms with Gasteiger partial charge in [-0.05, 0) is 11.6 Å². The molecular weight excluding hydrogens is 225 g/mol. The van der Waals surface area contributed by atoms with E-state index in [-0.39, 0.29) is 0 Å². The van der Waals surface area contributed by atoms with Gasteiger partial charge < -0.3 is 4.90 Å². The van der Waals surface area contributed by atoms with Crippen molar-refractivity contribution in [3.63, 3.8) is 0 Å². The summed E-state index contributed by atoms with van der Waals surface area (Å²) in [5.74, 6) is 0.142. The highest BCUT2D eigenvalue weighted by molar-refractivity contribution is 7.98. The molecule has 1 amide bonds. The molecule has 1 aliphatic rings. The van der Waals surface area contributed by atoms with Gasteiger partial charge in [-0.3, -0.25) is 4.79 Å². The molecule has 4 heteroatoms. The summed E-state index contributed by atoms with van der Waals surface area (Å²) in [5, 5.41) is 0. The molecule has 0 aromatic heterocycles. The average Bonchev–Trinajstić information content (AvgIpc) is 2.50. The van der Waals surface area contributed by atoms with Gasteiger partial charge in [0.05, 0.1) is 0 Å². The summed E-state index contributed by atoms with van der Waals surface area (Å²) >= 11 is 1.75. The molecule has 0 aliphatic carbocycles. The van der Waals surface area contributed by atoms with Crippen LogP contribution in [0.1, 0.15) is 5.56 Å². The van der Waals surface area contributed by atoms with Gasteiger partial charge in [0.2, 0.25) is 0 Å². The summed E-state index contributed by atoms with van der Waals surface area (Å²) in [5.41, 5.74) is 1.87. The fraction of sp³-hybridized carbons (Fsp3) is 0.250. The molecule has 1 heterocycles. The van der Waals surface area contributed by atoms with Gasteiger partial charge in [-0.25, -0.2) is 4.39 Å². The Balaban J connectivity index is 2.40. The maximum atomic E-state index is 12.9. The summed E-state index contributed by atoms with van der Waals surface area (Å²) in [7, 11) is 0. The van der Waals surface area contributed by atoms with Gasteiger partial charge in [0.1, 0.15) is 0 Å². The van der Waals surface area contributed by atoms with Crippen molar-refractivity contribution < 1.29 is 9.18 Å². The minimum Gasteiger partial charge on any atom is -0.305 e. The smallest absolute Gasteiger partial charge is 0.286 e. The maximum absolute atomic E-state index is 12.9. The zero-order chi connectivity index (χ0) is 11.5. The number of anilines is 1. The Kier molecular flexibility index (Phi) is 3.29. The van der Waals surface area contributed by atoms with Crippen LogP contribution in [0.3, 0.4) is 0 Å². The van der Waals surface area contributed by atoms with Crippen LogP contribution in [0.2, 0.25) is 0 Å². The molecule has 0 radical (unpaired) electrons. The molecule has 0 spiro atoms. The number of halogens is 1. The number of fused-ring (bicyclic) bond motifs is 1. The van der Waals surface area contributed by atoms with E-state index in [1.807, 2.05) is 24.3 Å². The number of thioether (sulfide) groups is 1. The fourth-order valence-corrected chi connectivity index (χ4v) is 2.63. The summed E-state index contributed by atoms with van der Waals surface area (Å²) in [4.78, 5) is 13.1. The number of hydrogen-bond acceptors (Lipinski definition) is 2. The summed E-state index contributed by atoms with van der Waals surface area (Å²) < 4.78 is 12.9. The van der Waals surface area contributed by atoms with E-state index in [1.165, 1.54) is 4.90 Å². The zero-order valence-corrected chi connectivity index (χ0v) is 9.60. The number of benzene rings is 1. The van der Waals surface area contributed by atoms with Gasteiger partial charge in [0.25, 0.3) is 5.91 Å². The minimum absolute atomic E-state index is 0.531. The summed E-state index contributed by atoms with van der Waals surface area (Å²) in [6, 6.07) is 7.60. The van der Waals surface area contributed by atoms with E-state index in [1.54, 1.807) is 11.8 Å². The van der Waals surface area contributed by atoms with Crippen molar-refractivity contribution >= 4 is 23.4 Å². The van der Waals surface area contributed by atoms with Gasteiger partial charge in [-0.1, -0.05) is 24.8 Å². The average molecular weight is 237 g/mol. The third kappa shape index (κ3) is 2.11. The molecule has 0 saturated heterocycles. The third-order valence-corrected chi connectivity index (χ3v) is 3.46. The number of para-hydroxylation sites is 1. The number of rotatable bonds is 1. The first-order chi connectivity index (χ1) is 7.70. The molecular formula is C12H12FNOS. The fourth-order valence-electron chi connectivity index (χ4n) is 1.71. The first-order valence-corrected chi connectivity index (χ1v) is 6.17. The molecule has 0 atom stereocenters. The molecule has 0 saturated carbocycles. The van der Waals surface area contributed by atoms with Crippen molar-refractivity contribution in [1.29, 1.82) is 0 Å². The molecule has 16 heavy (non-hydrogen) atoms.